The third kappa shape index (κ3) is 2.06. The monoisotopic (exact) mass is 241 g/mol. The molecule has 3 rings (SSSR count). The van der Waals surface area contributed by atoms with Crippen LogP contribution in [0.3, 0.4) is 0 Å². The summed E-state index contributed by atoms with van der Waals surface area (Å²) in [6.45, 7) is 2.81. The van der Waals surface area contributed by atoms with Crippen molar-refractivity contribution in [3.05, 3.63) is 35.9 Å². The Bertz CT molecular complexity index is 544. The molecule has 2 aromatic rings. The van der Waals surface area contributed by atoms with Crippen molar-refractivity contribution in [2.75, 3.05) is 18.0 Å². The van der Waals surface area contributed by atoms with Crippen LogP contribution in [0.15, 0.2) is 30.3 Å². The normalized spacial score (nSPS) is 16.2. The number of piperidine rings is 1. The Hall–Kier alpha value is -1.61. The summed E-state index contributed by atoms with van der Waals surface area (Å²) in [5, 5.41) is 1.18. The first-order valence-corrected chi connectivity index (χ1v) is 6.72. The molecule has 1 aromatic heterocycles. The van der Waals surface area contributed by atoms with Crippen LogP contribution >= 0.6 is 0 Å². The Labute approximate surface area is 108 Å². The smallest absolute Gasteiger partial charge is 0.129 e. The average molecular weight is 241 g/mol. The van der Waals surface area contributed by atoms with E-state index in [1.165, 1.54) is 24.6 Å². The maximum absolute atomic E-state index is 5.79. The molecule has 94 valence electrons. The van der Waals surface area contributed by atoms with Crippen LogP contribution in [0, 0.1) is 0 Å². The first-order chi connectivity index (χ1) is 8.88. The second-order valence-corrected chi connectivity index (χ2v) is 4.91. The molecule has 0 bridgehead atoms. The van der Waals surface area contributed by atoms with Crippen molar-refractivity contribution in [1.82, 2.24) is 4.98 Å². The fraction of sp³-hybridized carbons (Fsp3) is 0.400. The van der Waals surface area contributed by atoms with Crippen LogP contribution in [0.4, 0.5) is 5.82 Å². The van der Waals surface area contributed by atoms with Crippen LogP contribution in [0.25, 0.3) is 10.9 Å². The van der Waals surface area contributed by atoms with Crippen LogP contribution < -0.4 is 10.6 Å². The van der Waals surface area contributed by atoms with Gasteiger partial charge in [0.15, 0.2) is 0 Å². The van der Waals surface area contributed by atoms with Crippen molar-refractivity contribution < 1.29 is 0 Å². The molecule has 1 aliphatic rings. The second kappa shape index (κ2) is 4.94. The molecule has 1 saturated heterocycles. The number of aromatic nitrogens is 1. The first kappa shape index (κ1) is 11.5. The molecule has 18 heavy (non-hydrogen) atoms. The molecule has 1 aliphatic heterocycles. The van der Waals surface area contributed by atoms with Crippen molar-refractivity contribution >= 4 is 16.7 Å². The zero-order chi connectivity index (χ0) is 12.4. The molecule has 0 saturated carbocycles. The Kier molecular flexibility index (Phi) is 3.15. The Balaban J connectivity index is 2.03. The van der Waals surface area contributed by atoms with Crippen LogP contribution in [0.5, 0.6) is 0 Å². The van der Waals surface area contributed by atoms with E-state index in [0.717, 1.165) is 30.0 Å². The predicted molar refractivity (Wildman–Crippen MR) is 75.7 cm³/mol. The molecule has 0 amide bonds. The van der Waals surface area contributed by atoms with Gasteiger partial charge in [-0.15, -0.1) is 0 Å². The third-order valence-corrected chi connectivity index (χ3v) is 3.69. The summed E-state index contributed by atoms with van der Waals surface area (Å²) in [6, 6.07) is 10.5. The number of pyridine rings is 1. The predicted octanol–water partition coefficient (Wildman–Crippen LogP) is 2.68. The number of nitrogens with zero attached hydrogens (tertiary/aromatic N) is 2. The highest BCUT2D eigenvalue weighted by molar-refractivity contribution is 5.83. The first-order valence-electron chi connectivity index (χ1n) is 6.72. The number of hydrogen-bond donors (Lipinski definition) is 1. The van der Waals surface area contributed by atoms with Gasteiger partial charge in [-0.25, -0.2) is 4.98 Å². The SMILES string of the molecule is NCc1cccc2ccc(N3CCCCC3)nc12. The second-order valence-electron chi connectivity index (χ2n) is 4.91. The number of rotatable bonds is 2. The molecule has 3 nitrogen and oxygen atoms in total. The lowest BCUT2D eigenvalue weighted by Gasteiger charge is -2.28. The van der Waals surface area contributed by atoms with Gasteiger partial charge in [0.05, 0.1) is 5.52 Å². The topological polar surface area (TPSA) is 42.1 Å². The van der Waals surface area contributed by atoms with Crippen LogP contribution in [-0.2, 0) is 6.54 Å². The van der Waals surface area contributed by atoms with Crippen LogP contribution in [-0.4, -0.2) is 18.1 Å². The molecule has 0 spiro atoms. The molecule has 0 radical (unpaired) electrons. The summed E-state index contributed by atoms with van der Waals surface area (Å²) in [5.74, 6) is 1.10. The zero-order valence-electron chi connectivity index (χ0n) is 10.6. The molecule has 0 aliphatic carbocycles. The van der Waals surface area contributed by atoms with Gasteiger partial charge in [0, 0.05) is 25.0 Å². The minimum absolute atomic E-state index is 0.549. The van der Waals surface area contributed by atoms with E-state index < -0.39 is 0 Å². The van der Waals surface area contributed by atoms with Gasteiger partial charge >= 0.3 is 0 Å². The minimum Gasteiger partial charge on any atom is -0.357 e. The molecule has 3 heteroatoms. The molecule has 0 unspecified atom stereocenters. The summed E-state index contributed by atoms with van der Waals surface area (Å²) in [7, 11) is 0. The standard InChI is InChI=1S/C15H19N3/c16-11-13-6-4-5-12-7-8-14(17-15(12)13)18-9-2-1-3-10-18/h4-8H,1-3,9-11,16H2. The van der Waals surface area contributed by atoms with Gasteiger partial charge in [0.1, 0.15) is 5.82 Å². The average Bonchev–Trinajstić information content (AvgIpc) is 2.47. The fourth-order valence-corrected chi connectivity index (χ4v) is 2.66. The Morgan fingerprint density at radius 1 is 1.06 bits per heavy atom. The van der Waals surface area contributed by atoms with E-state index in [-0.39, 0.29) is 0 Å². The van der Waals surface area contributed by atoms with Crippen molar-refractivity contribution in [2.24, 2.45) is 5.73 Å². The molecule has 1 aromatic carbocycles. The summed E-state index contributed by atoms with van der Waals surface area (Å²) in [4.78, 5) is 7.20. The number of nitrogens with two attached hydrogens (primary N) is 1. The van der Waals surface area contributed by atoms with E-state index in [1.54, 1.807) is 0 Å². The van der Waals surface area contributed by atoms with Gasteiger partial charge in [0.25, 0.3) is 0 Å². The summed E-state index contributed by atoms with van der Waals surface area (Å²) in [5.41, 5.74) is 7.98. The highest BCUT2D eigenvalue weighted by atomic mass is 15.2. The fourth-order valence-electron chi connectivity index (χ4n) is 2.66. The lowest BCUT2D eigenvalue weighted by atomic mass is 10.1. The van der Waals surface area contributed by atoms with Crippen LogP contribution in [0.2, 0.25) is 0 Å². The van der Waals surface area contributed by atoms with Crippen molar-refractivity contribution in [3.8, 4) is 0 Å². The quantitative estimate of drug-likeness (QED) is 0.879. The third-order valence-electron chi connectivity index (χ3n) is 3.69. The van der Waals surface area contributed by atoms with E-state index in [0.29, 0.717) is 6.54 Å². The number of benzene rings is 1. The molecular formula is C15H19N3. The van der Waals surface area contributed by atoms with Gasteiger partial charge in [-0.2, -0.15) is 0 Å². The number of hydrogen-bond acceptors (Lipinski definition) is 3. The highest BCUT2D eigenvalue weighted by Gasteiger charge is 2.12. The molecule has 0 atom stereocenters. The lowest BCUT2D eigenvalue weighted by Crippen LogP contribution is -2.30. The largest absolute Gasteiger partial charge is 0.357 e. The minimum atomic E-state index is 0.549. The van der Waals surface area contributed by atoms with Gasteiger partial charge in [0.2, 0.25) is 0 Å². The molecule has 2 heterocycles. The number of fused-ring (bicyclic) bond motifs is 1. The maximum Gasteiger partial charge on any atom is 0.129 e. The molecule has 1 fully saturated rings. The van der Waals surface area contributed by atoms with E-state index in [1.807, 2.05) is 6.07 Å². The number of anilines is 1. The van der Waals surface area contributed by atoms with Crippen LogP contribution in [0.1, 0.15) is 24.8 Å². The molecule has 2 N–H and O–H groups in total. The number of para-hydroxylation sites is 1. The highest BCUT2D eigenvalue weighted by Crippen LogP contribution is 2.23. The van der Waals surface area contributed by atoms with Gasteiger partial charge in [-0.1, -0.05) is 18.2 Å². The maximum atomic E-state index is 5.79. The summed E-state index contributed by atoms with van der Waals surface area (Å²) >= 11 is 0. The van der Waals surface area contributed by atoms with Gasteiger partial charge in [-0.05, 0) is 37.0 Å². The summed E-state index contributed by atoms with van der Waals surface area (Å²) < 4.78 is 0. The van der Waals surface area contributed by atoms with E-state index in [4.69, 9.17) is 10.7 Å². The zero-order valence-corrected chi connectivity index (χ0v) is 10.6. The Morgan fingerprint density at radius 3 is 2.67 bits per heavy atom. The van der Waals surface area contributed by atoms with E-state index in [9.17, 15) is 0 Å². The van der Waals surface area contributed by atoms with E-state index >= 15 is 0 Å². The van der Waals surface area contributed by atoms with Crippen molar-refractivity contribution in [3.63, 3.8) is 0 Å². The molecular weight excluding hydrogens is 222 g/mol. The van der Waals surface area contributed by atoms with Crippen molar-refractivity contribution in [2.45, 2.75) is 25.8 Å². The van der Waals surface area contributed by atoms with E-state index in [2.05, 4.69) is 29.2 Å². The van der Waals surface area contributed by atoms with Gasteiger partial charge in [-0.3, -0.25) is 0 Å². The lowest BCUT2D eigenvalue weighted by molar-refractivity contribution is 0.574. The van der Waals surface area contributed by atoms with Gasteiger partial charge < -0.3 is 10.6 Å². The van der Waals surface area contributed by atoms with Crippen molar-refractivity contribution in [1.29, 1.82) is 0 Å². The Morgan fingerprint density at radius 2 is 1.89 bits per heavy atom. The summed E-state index contributed by atoms with van der Waals surface area (Å²) in [6.07, 6.45) is 3.90.